The van der Waals surface area contributed by atoms with Crippen molar-refractivity contribution in [2.45, 2.75) is 264 Å². The van der Waals surface area contributed by atoms with Crippen molar-refractivity contribution in [3.63, 3.8) is 0 Å². The summed E-state index contributed by atoms with van der Waals surface area (Å²) in [5, 5.41) is 9.31. The number of β-amino-alcohol motifs (C(OH)–C–C–N with tert-alkyl or cyclic N) is 1. The first-order valence-corrected chi connectivity index (χ1v) is 27.4. The molecular formula is C54H104N2O6. The fraction of sp³-hybridized carbons (Fsp3) is 0.963. The van der Waals surface area contributed by atoms with Gasteiger partial charge in [0.1, 0.15) is 5.78 Å². The van der Waals surface area contributed by atoms with Crippen molar-refractivity contribution in [2.75, 3.05) is 59.1 Å². The van der Waals surface area contributed by atoms with Gasteiger partial charge in [0.15, 0.2) is 5.79 Å². The van der Waals surface area contributed by atoms with Gasteiger partial charge >= 0.3 is 5.97 Å². The Morgan fingerprint density at radius 3 is 1.55 bits per heavy atom. The van der Waals surface area contributed by atoms with Crippen molar-refractivity contribution in [3.8, 4) is 0 Å². The molecule has 0 aromatic carbocycles. The number of ether oxygens (including phenoxy) is 3. The van der Waals surface area contributed by atoms with Gasteiger partial charge in [-0.1, -0.05) is 175 Å². The molecule has 0 aromatic heterocycles. The van der Waals surface area contributed by atoms with Gasteiger partial charge in [-0.25, -0.2) is 0 Å². The largest absolute Gasteiger partial charge is 0.466 e. The fourth-order valence-electron chi connectivity index (χ4n) is 10.0. The molecular weight excluding hydrogens is 773 g/mol. The molecule has 0 radical (unpaired) electrons. The number of ketones is 1. The third kappa shape index (κ3) is 29.5. The van der Waals surface area contributed by atoms with Crippen LogP contribution >= 0.6 is 0 Å². The number of piperazine rings is 1. The molecule has 0 aromatic rings. The van der Waals surface area contributed by atoms with E-state index in [4.69, 9.17) is 14.2 Å². The topological polar surface area (TPSA) is 88.5 Å². The van der Waals surface area contributed by atoms with Crippen LogP contribution in [0.25, 0.3) is 0 Å². The highest BCUT2D eigenvalue weighted by Crippen LogP contribution is 2.36. The van der Waals surface area contributed by atoms with E-state index in [0.29, 0.717) is 31.3 Å². The number of hydrogen-bond donors (Lipinski definition) is 1. The number of aliphatic hydroxyl groups is 1. The first kappa shape index (κ1) is 57.1. The zero-order valence-corrected chi connectivity index (χ0v) is 41.7. The summed E-state index contributed by atoms with van der Waals surface area (Å²) < 4.78 is 19.1. The lowest BCUT2D eigenvalue weighted by Crippen LogP contribution is -2.47. The van der Waals surface area contributed by atoms with Gasteiger partial charge in [-0.05, 0) is 56.8 Å². The molecule has 2 fully saturated rings. The molecule has 2 aliphatic heterocycles. The zero-order valence-electron chi connectivity index (χ0n) is 41.7. The Morgan fingerprint density at radius 2 is 1.02 bits per heavy atom. The van der Waals surface area contributed by atoms with E-state index in [-0.39, 0.29) is 18.7 Å². The van der Waals surface area contributed by atoms with Crippen molar-refractivity contribution in [3.05, 3.63) is 0 Å². The number of hydrogen-bond acceptors (Lipinski definition) is 8. The lowest BCUT2D eigenvalue weighted by molar-refractivity contribution is -0.180. The molecule has 8 nitrogen and oxygen atoms in total. The van der Waals surface area contributed by atoms with Gasteiger partial charge in [-0.15, -0.1) is 0 Å². The number of carbonyl (C=O) groups excluding carboxylic acids is 2. The third-order valence-corrected chi connectivity index (χ3v) is 14.2. The molecule has 2 heterocycles. The van der Waals surface area contributed by atoms with Gasteiger partial charge in [0, 0.05) is 71.4 Å². The van der Waals surface area contributed by atoms with Gasteiger partial charge in [0.05, 0.1) is 25.9 Å². The Balaban J connectivity index is 1.69. The van der Waals surface area contributed by atoms with E-state index in [2.05, 4.69) is 37.5 Å². The lowest BCUT2D eigenvalue weighted by atomic mass is 9.90. The number of nitrogens with zero attached hydrogens (tertiary/aromatic N) is 2. The van der Waals surface area contributed by atoms with E-state index in [1.165, 1.54) is 116 Å². The van der Waals surface area contributed by atoms with Crippen LogP contribution in [-0.2, 0) is 23.8 Å². The Labute approximate surface area is 384 Å². The van der Waals surface area contributed by atoms with Crippen molar-refractivity contribution in [1.29, 1.82) is 0 Å². The number of rotatable bonds is 44. The van der Waals surface area contributed by atoms with Crippen molar-refractivity contribution < 1.29 is 28.9 Å². The average Bonchev–Trinajstić information content (AvgIpc) is 3.68. The minimum absolute atomic E-state index is 0.0167. The first-order chi connectivity index (χ1) is 30.4. The van der Waals surface area contributed by atoms with Crippen LogP contribution in [0.5, 0.6) is 0 Å². The molecule has 366 valence electrons. The molecule has 2 unspecified atom stereocenters. The van der Waals surface area contributed by atoms with E-state index >= 15 is 0 Å². The Hall–Kier alpha value is -1.06. The molecule has 62 heavy (non-hydrogen) atoms. The number of carbonyl (C=O) groups is 2. The Morgan fingerprint density at radius 1 is 0.565 bits per heavy atom. The van der Waals surface area contributed by atoms with Crippen LogP contribution in [0.1, 0.15) is 252 Å². The average molecular weight is 877 g/mol. The van der Waals surface area contributed by atoms with Gasteiger partial charge < -0.3 is 24.2 Å². The lowest BCUT2D eigenvalue weighted by Gasteiger charge is -2.34. The van der Waals surface area contributed by atoms with Crippen LogP contribution < -0.4 is 0 Å². The van der Waals surface area contributed by atoms with E-state index in [0.717, 1.165) is 148 Å². The predicted octanol–water partition coefficient (Wildman–Crippen LogP) is 13.8. The summed E-state index contributed by atoms with van der Waals surface area (Å²) in [5.74, 6) is 1.51. The number of Topliss-reactive ketones (excluding diaryl/α,β-unsaturated/α-hetero) is 1. The normalized spacial score (nSPS) is 18.7. The second-order valence-electron chi connectivity index (χ2n) is 19.8. The summed E-state index contributed by atoms with van der Waals surface area (Å²) in [6, 6.07) is 0. The Bertz CT molecular complexity index is 958. The second-order valence-corrected chi connectivity index (χ2v) is 19.8. The highest BCUT2D eigenvalue weighted by molar-refractivity contribution is 5.78. The summed E-state index contributed by atoms with van der Waals surface area (Å²) in [4.78, 5) is 30.2. The zero-order chi connectivity index (χ0) is 44.8. The number of unbranched alkanes of at least 4 members (excludes halogenated alkanes) is 16. The summed E-state index contributed by atoms with van der Waals surface area (Å²) in [6.07, 6.45) is 40.4. The Kier molecular flexibility index (Phi) is 36.0. The summed E-state index contributed by atoms with van der Waals surface area (Å²) in [7, 11) is 0. The van der Waals surface area contributed by atoms with Gasteiger partial charge in [-0.2, -0.15) is 0 Å². The molecule has 0 amide bonds. The van der Waals surface area contributed by atoms with Crippen LogP contribution in [0.2, 0.25) is 0 Å². The van der Waals surface area contributed by atoms with Gasteiger partial charge in [-0.3, -0.25) is 14.5 Å². The molecule has 1 N–H and O–H groups in total. The summed E-state index contributed by atoms with van der Waals surface area (Å²) in [6.45, 7) is 16.6. The summed E-state index contributed by atoms with van der Waals surface area (Å²) in [5.41, 5.74) is 0. The monoisotopic (exact) mass is 877 g/mol. The molecule has 2 atom stereocenters. The number of aliphatic hydroxyl groups excluding tert-OH is 1. The van der Waals surface area contributed by atoms with Crippen LogP contribution in [-0.4, -0.2) is 97.6 Å². The second kappa shape index (κ2) is 39.1. The SMILES string of the molecule is CCCCCC(CCCCC)CCCC(=O)CCCCCCCC1(CCCCCCCC(=O)OCCC(CCCCC)CCCCC)OCC(CCN2CCN(CCO)CC2)O1. The predicted molar refractivity (Wildman–Crippen MR) is 261 cm³/mol. The fourth-order valence-corrected chi connectivity index (χ4v) is 10.0. The van der Waals surface area contributed by atoms with E-state index in [1.807, 2.05) is 0 Å². The molecule has 2 aliphatic rings. The summed E-state index contributed by atoms with van der Waals surface area (Å²) >= 11 is 0. The molecule has 2 saturated heterocycles. The van der Waals surface area contributed by atoms with E-state index in [1.54, 1.807) is 0 Å². The van der Waals surface area contributed by atoms with Gasteiger partial charge in [0.2, 0.25) is 0 Å². The smallest absolute Gasteiger partial charge is 0.305 e. The molecule has 0 bridgehead atoms. The van der Waals surface area contributed by atoms with Gasteiger partial charge in [0.25, 0.3) is 0 Å². The molecule has 0 spiro atoms. The molecule has 0 aliphatic carbocycles. The standard InChI is InChI=1S/C54H104N2O6/c1-5-9-19-28-49(29-20-10-6-2)32-27-34-51(58)33-23-15-13-17-25-38-54(61-48-52(62-54)36-40-55-41-43-56(44-42-55)45-46-57)39-26-18-14-16-24-35-53(59)60-47-37-50(30-21-11-7-3)31-22-12-8-4/h49-50,52,57H,5-48H2,1-4H3. The van der Waals surface area contributed by atoms with Crippen LogP contribution in [0.3, 0.4) is 0 Å². The van der Waals surface area contributed by atoms with E-state index < -0.39 is 5.79 Å². The highest BCUT2D eigenvalue weighted by atomic mass is 16.7. The highest BCUT2D eigenvalue weighted by Gasteiger charge is 2.40. The van der Waals surface area contributed by atoms with Crippen molar-refractivity contribution in [1.82, 2.24) is 9.80 Å². The van der Waals surface area contributed by atoms with E-state index in [9.17, 15) is 14.7 Å². The quantitative estimate of drug-likeness (QED) is 0.0478. The van der Waals surface area contributed by atoms with Crippen LogP contribution in [0.4, 0.5) is 0 Å². The third-order valence-electron chi connectivity index (χ3n) is 14.2. The maximum Gasteiger partial charge on any atom is 0.305 e. The van der Waals surface area contributed by atoms with Crippen molar-refractivity contribution in [2.24, 2.45) is 11.8 Å². The minimum Gasteiger partial charge on any atom is -0.466 e. The van der Waals surface area contributed by atoms with Crippen molar-refractivity contribution >= 4 is 11.8 Å². The first-order valence-electron chi connectivity index (χ1n) is 27.4. The molecule has 2 rings (SSSR count). The number of esters is 1. The molecule has 8 heteroatoms. The maximum atomic E-state index is 12.7. The van der Waals surface area contributed by atoms with Crippen LogP contribution in [0, 0.1) is 11.8 Å². The van der Waals surface area contributed by atoms with Crippen LogP contribution in [0.15, 0.2) is 0 Å². The minimum atomic E-state index is -0.472. The molecule has 0 saturated carbocycles. The maximum absolute atomic E-state index is 12.7.